The molecule has 5 heteroatoms. The molecule has 0 radical (unpaired) electrons. The van der Waals surface area contributed by atoms with E-state index >= 15 is 0 Å². The molecule has 84 valence electrons. The van der Waals surface area contributed by atoms with Gasteiger partial charge >= 0.3 is 0 Å². The van der Waals surface area contributed by atoms with Gasteiger partial charge in [-0.25, -0.2) is 4.39 Å². The molecule has 1 aromatic carbocycles. The summed E-state index contributed by atoms with van der Waals surface area (Å²) >= 11 is 0. The van der Waals surface area contributed by atoms with Crippen molar-refractivity contribution in [2.75, 3.05) is 6.61 Å². The molecule has 2 amide bonds. The van der Waals surface area contributed by atoms with E-state index in [1.165, 1.54) is 12.1 Å². The number of hydrogen-bond donors (Lipinski definition) is 1. The normalized spacial score (nSPS) is 22.6. The van der Waals surface area contributed by atoms with Crippen molar-refractivity contribution in [1.82, 2.24) is 5.32 Å². The second kappa shape index (κ2) is 3.68. The third-order valence-electron chi connectivity index (χ3n) is 2.39. The van der Waals surface area contributed by atoms with E-state index in [-0.39, 0.29) is 5.56 Å². The highest BCUT2D eigenvalue weighted by Crippen LogP contribution is 2.25. The molecule has 4 nitrogen and oxygen atoms in total. The van der Waals surface area contributed by atoms with Gasteiger partial charge < -0.3 is 4.74 Å². The number of rotatable bonds is 2. The van der Waals surface area contributed by atoms with Crippen LogP contribution in [0.4, 0.5) is 4.39 Å². The van der Waals surface area contributed by atoms with Crippen molar-refractivity contribution in [2.24, 2.45) is 0 Å². The van der Waals surface area contributed by atoms with Crippen LogP contribution in [0.2, 0.25) is 0 Å². The van der Waals surface area contributed by atoms with Crippen molar-refractivity contribution < 1.29 is 18.7 Å². The molecule has 2 rings (SSSR count). The molecule has 1 atom stereocenters. The van der Waals surface area contributed by atoms with E-state index in [2.05, 4.69) is 5.32 Å². The fourth-order valence-corrected chi connectivity index (χ4v) is 1.15. The van der Waals surface area contributed by atoms with Crippen LogP contribution in [-0.2, 0) is 9.53 Å². The number of halogens is 1. The number of hydrogen-bond acceptors (Lipinski definition) is 3. The summed E-state index contributed by atoms with van der Waals surface area (Å²) in [6.07, 6.45) is 0. The van der Waals surface area contributed by atoms with Gasteiger partial charge in [-0.2, -0.15) is 0 Å². The highest BCUT2D eigenvalue weighted by Gasteiger charge is 2.47. The molecule has 0 aromatic heterocycles. The number of carbonyl (C=O) groups is 2. The maximum atomic E-state index is 12.6. The lowest BCUT2D eigenvalue weighted by molar-refractivity contribution is -0.124. The van der Waals surface area contributed by atoms with Gasteiger partial charge in [0.15, 0.2) is 5.60 Å². The van der Waals surface area contributed by atoms with Crippen molar-refractivity contribution in [3.05, 3.63) is 35.6 Å². The monoisotopic (exact) mass is 223 g/mol. The number of benzene rings is 1. The van der Waals surface area contributed by atoms with Crippen LogP contribution in [0.15, 0.2) is 24.3 Å². The highest BCUT2D eigenvalue weighted by molar-refractivity contribution is 6.07. The molecule has 1 N–H and O–H groups in total. The molecule has 1 aliphatic heterocycles. The molecule has 1 heterocycles. The second-order valence-electron chi connectivity index (χ2n) is 3.81. The lowest BCUT2D eigenvalue weighted by Gasteiger charge is -2.06. The molecular formula is C11H10FNO3. The first-order valence-electron chi connectivity index (χ1n) is 4.76. The minimum absolute atomic E-state index is 0.235. The molecule has 0 saturated carbocycles. The highest BCUT2D eigenvalue weighted by atomic mass is 19.1. The van der Waals surface area contributed by atoms with Gasteiger partial charge in [0, 0.05) is 5.56 Å². The standard InChI is InChI=1S/C11H10FNO3/c1-11(6-16-11)10(15)13-9(14)7-2-4-8(12)5-3-7/h2-5H,6H2,1H3,(H,13,14,15). The van der Waals surface area contributed by atoms with Gasteiger partial charge in [0.25, 0.3) is 11.8 Å². The zero-order valence-electron chi connectivity index (χ0n) is 8.62. The number of carbonyl (C=O) groups excluding carboxylic acids is 2. The van der Waals surface area contributed by atoms with Crippen LogP contribution in [0.5, 0.6) is 0 Å². The predicted molar refractivity (Wildman–Crippen MR) is 53.2 cm³/mol. The van der Waals surface area contributed by atoms with Gasteiger partial charge in [-0.05, 0) is 31.2 Å². The van der Waals surface area contributed by atoms with E-state index in [4.69, 9.17) is 4.74 Å². The Morgan fingerprint density at radius 2 is 1.94 bits per heavy atom. The van der Waals surface area contributed by atoms with Gasteiger partial charge in [-0.15, -0.1) is 0 Å². The fraction of sp³-hybridized carbons (Fsp3) is 0.273. The minimum atomic E-state index is -0.879. The number of nitrogens with one attached hydrogen (secondary N) is 1. The van der Waals surface area contributed by atoms with Crippen molar-refractivity contribution in [1.29, 1.82) is 0 Å². The van der Waals surface area contributed by atoms with Crippen LogP contribution in [0.1, 0.15) is 17.3 Å². The third-order valence-corrected chi connectivity index (χ3v) is 2.39. The average molecular weight is 223 g/mol. The first kappa shape index (κ1) is 10.8. The number of imide groups is 1. The maximum absolute atomic E-state index is 12.6. The lowest BCUT2D eigenvalue weighted by atomic mass is 10.1. The molecule has 1 aliphatic rings. The lowest BCUT2D eigenvalue weighted by Crippen LogP contribution is -2.39. The first-order valence-corrected chi connectivity index (χ1v) is 4.76. The summed E-state index contributed by atoms with van der Waals surface area (Å²) in [4.78, 5) is 23.0. The average Bonchev–Trinajstić information content (AvgIpc) is 2.99. The van der Waals surface area contributed by atoms with Crippen LogP contribution in [-0.4, -0.2) is 24.0 Å². The number of amides is 2. The Hall–Kier alpha value is -1.75. The first-order chi connectivity index (χ1) is 7.51. The maximum Gasteiger partial charge on any atom is 0.261 e. The summed E-state index contributed by atoms with van der Waals surface area (Å²) in [5.74, 6) is -1.45. The van der Waals surface area contributed by atoms with Crippen LogP contribution >= 0.6 is 0 Å². The van der Waals surface area contributed by atoms with Crippen LogP contribution in [0.25, 0.3) is 0 Å². The third kappa shape index (κ3) is 2.09. The summed E-state index contributed by atoms with van der Waals surface area (Å²) in [7, 11) is 0. The van der Waals surface area contributed by atoms with E-state index < -0.39 is 23.2 Å². The van der Waals surface area contributed by atoms with Crippen LogP contribution < -0.4 is 5.32 Å². The van der Waals surface area contributed by atoms with Gasteiger partial charge in [-0.3, -0.25) is 14.9 Å². The van der Waals surface area contributed by atoms with Crippen LogP contribution in [0.3, 0.4) is 0 Å². The van der Waals surface area contributed by atoms with E-state index in [1.54, 1.807) is 6.92 Å². The summed E-state index contributed by atoms with van der Waals surface area (Å²) < 4.78 is 17.5. The Morgan fingerprint density at radius 3 is 2.44 bits per heavy atom. The molecule has 1 unspecified atom stereocenters. The molecule has 0 bridgehead atoms. The van der Waals surface area contributed by atoms with Crippen molar-refractivity contribution >= 4 is 11.8 Å². The van der Waals surface area contributed by atoms with E-state index in [0.29, 0.717) is 6.61 Å². The molecule has 0 spiro atoms. The van der Waals surface area contributed by atoms with E-state index in [1.807, 2.05) is 0 Å². The molecular weight excluding hydrogens is 213 g/mol. The Morgan fingerprint density at radius 1 is 1.38 bits per heavy atom. The Kier molecular flexibility index (Phi) is 2.47. The van der Waals surface area contributed by atoms with Gasteiger partial charge in [0.1, 0.15) is 5.82 Å². The van der Waals surface area contributed by atoms with E-state index in [9.17, 15) is 14.0 Å². The zero-order valence-corrected chi connectivity index (χ0v) is 8.62. The molecule has 1 aromatic rings. The second-order valence-corrected chi connectivity index (χ2v) is 3.81. The number of epoxide rings is 1. The Balaban J connectivity index is 2.03. The van der Waals surface area contributed by atoms with Gasteiger partial charge in [0.05, 0.1) is 6.61 Å². The fourth-order valence-electron chi connectivity index (χ4n) is 1.15. The van der Waals surface area contributed by atoms with E-state index in [0.717, 1.165) is 12.1 Å². The van der Waals surface area contributed by atoms with Crippen LogP contribution in [0, 0.1) is 5.82 Å². The largest absolute Gasteiger partial charge is 0.359 e. The zero-order chi connectivity index (χ0) is 11.8. The van der Waals surface area contributed by atoms with Gasteiger partial charge in [0.2, 0.25) is 0 Å². The smallest absolute Gasteiger partial charge is 0.261 e. The molecule has 16 heavy (non-hydrogen) atoms. The topological polar surface area (TPSA) is 58.7 Å². The van der Waals surface area contributed by atoms with Crippen molar-refractivity contribution in [2.45, 2.75) is 12.5 Å². The molecule has 0 aliphatic carbocycles. The molecule has 1 fully saturated rings. The summed E-state index contributed by atoms with van der Waals surface area (Å²) in [6, 6.07) is 4.95. The quantitative estimate of drug-likeness (QED) is 0.598. The Bertz CT molecular complexity index is 437. The predicted octanol–water partition coefficient (Wildman–Crippen LogP) is 0.871. The summed E-state index contributed by atoms with van der Waals surface area (Å²) in [6.45, 7) is 1.91. The SMILES string of the molecule is CC1(C(=O)NC(=O)c2ccc(F)cc2)CO1. The van der Waals surface area contributed by atoms with Crippen molar-refractivity contribution in [3.8, 4) is 0 Å². The summed E-state index contributed by atoms with van der Waals surface area (Å²) in [5.41, 5.74) is -0.644. The minimum Gasteiger partial charge on any atom is -0.359 e. The van der Waals surface area contributed by atoms with Gasteiger partial charge in [-0.1, -0.05) is 0 Å². The van der Waals surface area contributed by atoms with Crippen molar-refractivity contribution in [3.63, 3.8) is 0 Å². The Labute approximate surface area is 91.4 Å². The number of ether oxygens (including phenoxy) is 1. The molecule has 1 saturated heterocycles. The summed E-state index contributed by atoms with van der Waals surface area (Å²) in [5, 5.41) is 2.19.